The normalized spacial score (nSPS) is 14.9. The van der Waals surface area contributed by atoms with E-state index in [1.165, 1.54) is 4.31 Å². The molecule has 5 nitrogen and oxygen atoms in total. The van der Waals surface area contributed by atoms with Crippen molar-refractivity contribution in [2.24, 2.45) is 0 Å². The summed E-state index contributed by atoms with van der Waals surface area (Å²) in [6.07, 6.45) is 2.14. The van der Waals surface area contributed by atoms with Gasteiger partial charge in [0, 0.05) is 19.6 Å². The lowest BCUT2D eigenvalue weighted by Gasteiger charge is -2.15. The zero-order valence-corrected chi connectivity index (χ0v) is 17.0. The largest absolute Gasteiger partial charge is 0.352 e. The Balaban J connectivity index is 1.38. The third-order valence-corrected chi connectivity index (χ3v) is 7.26. The van der Waals surface area contributed by atoms with Crippen LogP contribution in [0.15, 0.2) is 71.6 Å². The Kier molecular flexibility index (Phi) is 5.65. The summed E-state index contributed by atoms with van der Waals surface area (Å²) in [7, 11) is -3.40. The average Bonchev–Trinajstić information content (AvgIpc) is 3.29. The minimum atomic E-state index is -3.40. The van der Waals surface area contributed by atoms with Crippen LogP contribution in [0.3, 0.4) is 0 Å². The SMILES string of the molecule is O=C(Cc1cccc2ccccc12)NCc1ccc(S(=O)(=O)N2CCCC2)cc1. The molecule has 0 spiro atoms. The molecule has 1 N–H and O–H groups in total. The molecule has 0 atom stereocenters. The molecule has 3 aromatic rings. The van der Waals surface area contributed by atoms with Crippen LogP contribution in [0.1, 0.15) is 24.0 Å². The molecule has 1 heterocycles. The highest BCUT2D eigenvalue weighted by atomic mass is 32.2. The zero-order chi connectivity index (χ0) is 20.3. The number of hydrogen-bond acceptors (Lipinski definition) is 3. The Morgan fingerprint density at radius 1 is 0.897 bits per heavy atom. The van der Waals surface area contributed by atoms with Crippen LogP contribution < -0.4 is 5.32 Å². The Bertz CT molecular complexity index is 1110. The van der Waals surface area contributed by atoms with Crippen molar-refractivity contribution in [1.29, 1.82) is 0 Å². The molecular formula is C23H24N2O3S. The van der Waals surface area contributed by atoms with Gasteiger partial charge in [-0.25, -0.2) is 8.42 Å². The standard InChI is InChI=1S/C23H24N2O3S/c26-23(16-20-8-5-7-19-6-1-2-9-22(19)20)24-17-18-10-12-21(13-11-18)29(27,28)25-14-3-4-15-25/h1-2,5-13H,3-4,14-17H2,(H,24,26). The summed E-state index contributed by atoms with van der Waals surface area (Å²) in [6.45, 7) is 1.55. The molecule has 0 aromatic heterocycles. The molecule has 1 amide bonds. The lowest BCUT2D eigenvalue weighted by Crippen LogP contribution is -2.28. The molecule has 1 fully saturated rings. The first kappa shape index (κ1) is 19.6. The molecule has 0 saturated carbocycles. The van der Waals surface area contributed by atoms with Crippen LogP contribution in [-0.4, -0.2) is 31.7 Å². The molecule has 1 aliphatic heterocycles. The average molecular weight is 409 g/mol. The summed E-state index contributed by atoms with van der Waals surface area (Å²) < 4.78 is 26.7. The van der Waals surface area contributed by atoms with Gasteiger partial charge >= 0.3 is 0 Å². The van der Waals surface area contributed by atoms with E-state index < -0.39 is 10.0 Å². The second kappa shape index (κ2) is 8.35. The third kappa shape index (κ3) is 4.33. The molecule has 0 bridgehead atoms. The maximum atomic E-state index is 12.6. The number of rotatable bonds is 6. The number of carbonyl (C=O) groups is 1. The minimum absolute atomic E-state index is 0.0601. The molecule has 6 heteroatoms. The highest BCUT2D eigenvalue weighted by Crippen LogP contribution is 2.21. The fourth-order valence-electron chi connectivity index (χ4n) is 3.74. The number of hydrogen-bond donors (Lipinski definition) is 1. The monoisotopic (exact) mass is 408 g/mol. The quantitative estimate of drug-likeness (QED) is 0.679. The molecule has 1 aliphatic rings. The van der Waals surface area contributed by atoms with Gasteiger partial charge in [0.2, 0.25) is 15.9 Å². The first-order valence-electron chi connectivity index (χ1n) is 9.86. The maximum absolute atomic E-state index is 12.6. The van der Waals surface area contributed by atoms with E-state index in [0.29, 0.717) is 31.0 Å². The second-order valence-corrected chi connectivity index (χ2v) is 9.28. The summed E-state index contributed by atoms with van der Waals surface area (Å²) in [4.78, 5) is 12.7. The molecule has 0 radical (unpaired) electrons. The highest BCUT2D eigenvalue weighted by molar-refractivity contribution is 7.89. The van der Waals surface area contributed by atoms with E-state index in [9.17, 15) is 13.2 Å². The summed E-state index contributed by atoms with van der Waals surface area (Å²) in [6, 6.07) is 20.8. The topological polar surface area (TPSA) is 66.5 Å². The highest BCUT2D eigenvalue weighted by Gasteiger charge is 2.26. The number of amides is 1. The van der Waals surface area contributed by atoms with Crippen molar-refractivity contribution in [2.45, 2.75) is 30.7 Å². The molecule has 0 unspecified atom stereocenters. The Morgan fingerprint density at radius 3 is 2.34 bits per heavy atom. The molecule has 29 heavy (non-hydrogen) atoms. The van der Waals surface area contributed by atoms with Crippen molar-refractivity contribution >= 4 is 26.7 Å². The molecule has 4 rings (SSSR count). The van der Waals surface area contributed by atoms with Crippen molar-refractivity contribution in [2.75, 3.05) is 13.1 Å². The van der Waals surface area contributed by atoms with Gasteiger partial charge < -0.3 is 5.32 Å². The van der Waals surface area contributed by atoms with E-state index in [-0.39, 0.29) is 5.91 Å². The predicted molar refractivity (Wildman–Crippen MR) is 114 cm³/mol. The lowest BCUT2D eigenvalue weighted by molar-refractivity contribution is -0.120. The molecule has 3 aromatic carbocycles. The number of fused-ring (bicyclic) bond motifs is 1. The van der Waals surface area contributed by atoms with Gasteiger partial charge in [-0.3, -0.25) is 4.79 Å². The van der Waals surface area contributed by atoms with Gasteiger partial charge in [-0.2, -0.15) is 4.31 Å². The fraction of sp³-hybridized carbons (Fsp3) is 0.261. The van der Waals surface area contributed by atoms with Crippen molar-refractivity contribution in [3.8, 4) is 0 Å². The number of benzene rings is 3. The van der Waals surface area contributed by atoms with Gasteiger partial charge in [-0.1, -0.05) is 54.6 Å². The maximum Gasteiger partial charge on any atom is 0.243 e. The number of nitrogens with one attached hydrogen (secondary N) is 1. The first-order chi connectivity index (χ1) is 14.0. The van der Waals surface area contributed by atoms with Gasteiger partial charge in [0.15, 0.2) is 0 Å². The Labute approximate surface area is 171 Å². The smallest absolute Gasteiger partial charge is 0.243 e. The van der Waals surface area contributed by atoms with Crippen LogP contribution in [0, 0.1) is 0 Å². The molecule has 1 saturated heterocycles. The second-order valence-electron chi connectivity index (χ2n) is 7.35. The molecule has 0 aliphatic carbocycles. The zero-order valence-electron chi connectivity index (χ0n) is 16.2. The van der Waals surface area contributed by atoms with Crippen LogP contribution in [0.25, 0.3) is 10.8 Å². The number of carbonyl (C=O) groups excluding carboxylic acids is 1. The first-order valence-corrected chi connectivity index (χ1v) is 11.3. The van der Waals surface area contributed by atoms with E-state index in [1.807, 2.05) is 42.5 Å². The molecular weight excluding hydrogens is 384 g/mol. The Hall–Kier alpha value is -2.70. The van der Waals surface area contributed by atoms with Crippen molar-refractivity contribution in [1.82, 2.24) is 9.62 Å². The summed E-state index contributed by atoms with van der Waals surface area (Å²) in [5.41, 5.74) is 1.87. The van der Waals surface area contributed by atoms with E-state index in [1.54, 1.807) is 24.3 Å². The van der Waals surface area contributed by atoms with Crippen molar-refractivity contribution < 1.29 is 13.2 Å². The van der Waals surface area contributed by atoms with Crippen molar-refractivity contribution in [3.63, 3.8) is 0 Å². The molecule has 150 valence electrons. The van der Waals surface area contributed by atoms with Crippen LogP contribution in [0.5, 0.6) is 0 Å². The van der Waals surface area contributed by atoms with Crippen molar-refractivity contribution in [3.05, 3.63) is 77.9 Å². The van der Waals surface area contributed by atoms with Gasteiger partial charge in [0.1, 0.15) is 0 Å². The van der Waals surface area contributed by atoms with Crippen LogP contribution in [0.2, 0.25) is 0 Å². The van der Waals surface area contributed by atoms with E-state index in [4.69, 9.17) is 0 Å². The van der Waals surface area contributed by atoms with Gasteiger partial charge in [-0.15, -0.1) is 0 Å². The number of sulfonamides is 1. The Morgan fingerprint density at radius 2 is 1.59 bits per heavy atom. The predicted octanol–water partition coefficient (Wildman–Crippen LogP) is 3.48. The van der Waals surface area contributed by atoms with Gasteiger partial charge in [0.25, 0.3) is 0 Å². The fourth-order valence-corrected chi connectivity index (χ4v) is 5.26. The lowest BCUT2D eigenvalue weighted by atomic mass is 10.0. The summed E-state index contributed by atoms with van der Waals surface area (Å²) >= 11 is 0. The van der Waals surface area contributed by atoms with Crippen LogP contribution in [0.4, 0.5) is 0 Å². The van der Waals surface area contributed by atoms with E-state index in [0.717, 1.165) is 34.7 Å². The van der Waals surface area contributed by atoms with Gasteiger partial charge in [-0.05, 0) is 46.9 Å². The number of nitrogens with zero attached hydrogens (tertiary/aromatic N) is 1. The van der Waals surface area contributed by atoms with E-state index >= 15 is 0 Å². The summed E-state index contributed by atoms with van der Waals surface area (Å²) in [5.74, 6) is -0.0601. The summed E-state index contributed by atoms with van der Waals surface area (Å²) in [5, 5.41) is 5.13. The third-order valence-electron chi connectivity index (χ3n) is 5.35. The van der Waals surface area contributed by atoms with Crippen LogP contribution in [-0.2, 0) is 27.8 Å². The van der Waals surface area contributed by atoms with Gasteiger partial charge in [0.05, 0.1) is 11.3 Å². The van der Waals surface area contributed by atoms with E-state index in [2.05, 4.69) is 5.32 Å². The van der Waals surface area contributed by atoms with Crippen LogP contribution >= 0.6 is 0 Å². The minimum Gasteiger partial charge on any atom is -0.352 e.